The van der Waals surface area contributed by atoms with Crippen molar-refractivity contribution in [2.45, 2.75) is 26.8 Å². The Morgan fingerprint density at radius 2 is 2.00 bits per heavy atom. The Morgan fingerprint density at radius 1 is 1.50 bits per heavy atom. The van der Waals surface area contributed by atoms with Crippen LogP contribution < -0.4 is 5.73 Å². The quantitative estimate of drug-likeness (QED) is 0.673. The van der Waals surface area contributed by atoms with E-state index in [0.717, 1.165) is 6.54 Å². The molecule has 2 N–H and O–H groups in total. The van der Waals surface area contributed by atoms with Gasteiger partial charge in [-0.2, -0.15) is 0 Å². The number of nitrogens with two attached hydrogens (primary N) is 1. The first-order chi connectivity index (χ1) is 6.26. The van der Waals surface area contributed by atoms with Gasteiger partial charge in [-0.1, -0.05) is 20.8 Å². The molecule has 0 radical (unpaired) electrons. The average Bonchev–Trinajstić information content (AvgIpc) is 1.99. The maximum atomic E-state index is 11.0. The molecule has 0 amide bonds. The van der Waals surface area contributed by atoms with E-state index in [1.807, 2.05) is 11.9 Å². The van der Waals surface area contributed by atoms with Crippen molar-refractivity contribution in [2.75, 3.05) is 27.2 Å². The van der Waals surface area contributed by atoms with E-state index < -0.39 is 6.04 Å². The van der Waals surface area contributed by atoms with Crippen LogP contribution in [-0.2, 0) is 9.53 Å². The number of methoxy groups -OCH3 is 1. The number of nitrogens with zero attached hydrogens (tertiary/aromatic N) is 1. The maximum absolute atomic E-state index is 11.0. The molecule has 0 aromatic rings. The minimum absolute atomic E-state index is 0.213. The van der Waals surface area contributed by atoms with Crippen molar-refractivity contribution >= 4 is 5.97 Å². The molecule has 0 aliphatic heterocycles. The van der Waals surface area contributed by atoms with Crippen molar-refractivity contribution in [1.29, 1.82) is 0 Å². The molecule has 0 saturated carbocycles. The summed E-state index contributed by atoms with van der Waals surface area (Å²) in [6, 6.07) is -0.549. The lowest BCUT2D eigenvalue weighted by molar-refractivity contribution is -0.142. The Morgan fingerprint density at radius 3 is 2.36 bits per heavy atom. The van der Waals surface area contributed by atoms with E-state index in [2.05, 4.69) is 25.5 Å². The van der Waals surface area contributed by atoms with Gasteiger partial charge >= 0.3 is 5.97 Å². The van der Waals surface area contributed by atoms with Crippen LogP contribution in [0.2, 0.25) is 0 Å². The molecule has 0 heterocycles. The molecule has 0 rings (SSSR count). The molecule has 14 heavy (non-hydrogen) atoms. The fourth-order valence-electron chi connectivity index (χ4n) is 1.44. The summed E-state index contributed by atoms with van der Waals surface area (Å²) in [6.45, 7) is 7.87. The summed E-state index contributed by atoms with van der Waals surface area (Å²) in [5, 5.41) is 0. The highest BCUT2D eigenvalue weighted by Crippen LogP contribution is 2.13. The van der Waals surface area contributed by atoms with E-state index in [0.29, 0.717) is 6.54 Å². The SMILES string of the molecule is COC(=O)C(N)CN(C)CC(C)(C)C. The van der Waals surface area contributed by atoms with Gasteiger partial charge in [-0.3, -0.25) is 4.79 Å². The molecule has 0 saturated heterocycles. The van der Waals surface area contributed by atoms with Crippen LogP contribution in [0.5, 0.6) is 0 Å². The number of esters is 1. The molecule has 0 aliphatic carbocycles. The number of rotatable bonds is 4. The standard InChI is InChI=1S/C10H22N2O2/c1-10(2,3)7-12(4)6-8(11)9(13)14-5/h8H,6-7,11H2,1-5H3. The zero-order valence-corrected chi connectivity index (χ0v) is 9.83. The predicted octanol–water partition coefficient (Wildman–Crippen LogP) is 0.465. The maximum Gasteiger partial charge on any atom is 0.323 e. The second kappa shape index (κ2) is 5.32. The van der Waals surface area contributed by atoms with Crippen LogP contribution in [0.15, 0.2) is 0 Å². The monoisotopic (exact) mass is 202 g/mol. The average molecular weight is 202 g/mol. The summed E-state index contributed by atoms with van der Waals surface area (Å²) in [5.74, 6) is -0.356. The zero-order valence-electron chi connectivity index (χ0n) is 9.83. The third-order valence-corrected chi connectivity index (χ3v) is 1.76. The van der Waals surface area contributed by atoms with E-state index in [1.54, 1.807) is 0 Å². The van der Waals surface area contributed by atoms with Gasteiger partial charge in [-0.15, -0.1) is 0 Å². The second-order valence-electron chi connectivity index (χ2n) is 4.89. The Kier molecular flexibility index (Phi) is 5.08. The Bertz CT molecular complexity index is 187. The molecule has 0 bridgehead atoms. The van der Waals surface area contributed by atoms with Gasteiger partial charge in [0.2, 0.25) is 0 Å². The largest absolute Gasteiger partial charge is 0.468 e. The van der Waals surface area contributed by atoms with Gasteiger partial charge in [0.25, 0.3) is 0 Å². The highest BCUT2D eigenvalue weighted by molar-refractivity contribution is 5.75. The van der Waals surface area contributed by atoms with Crippen LogP contribution in [0.4, 0.5) is 0 Å². The minimum atomic E-state index is -0.549. The summed E-state index contributed by atoms with van der Waals surface area (Å²) in [7, 11) is 3.31. The smallest absolute Gasteiger partial charge is 0.323 e. The third-order valence-electron chi connectivity index (χ3n) is 1.76. The fraction of sp³-hybridized carbons (Fsp3) is 0.900. The third kappa shape index (κ3) is 5.94. The summed E-state index contributed by atoms with van der Waals surface area (Å²) >= 11 is 0. The van der Waals surface area contributed by atoms with Crippen molar-refractivity contribution in [2.24, 2.45) is 11.1 Å². The molecule has 0 aromatic heterocycles. The lowest BCUT2D eigenvalue weighted by Gasteiger charge is -2.27. The van der Waals surface area contributed by atoms with Gasteiger partial charge in [0.15, 0.2) is 0 Å². The molecule has 0 aromatic carbocycles. The fourth-order valence-corrected chi connectivity index (χ4v) is 1.44. The number of carbonyl (C=O) groups is 1. The summed E-state index contributed by atoms with van der Waals surface area (Å²) < 4.78 is 4.55. The normalized spacial score (nSPS) is 14.2. The van der Waals surface area contributed by atoms with Gasteiger partial charge in [0, 0.05) is 13.1 Å². The summed E-state index contributed by atoms with van der Waals surface area (Å²) in [4.78, 5) is 13.1. The molecule has 4 heteroatoms. The van der Waals surface area contributed by atoms with E-state index in [-0.39, 0.29) is 11.4 Å². The lowest BCUT2D eigenvalue weighted by atomic mass is 9.96. The van der Waals surface area contributed by atoms with Crippen LogP contribution in [0, 0.1) is 5.41 Å². The molecule has 0 spiro atoms. The summed E-state index contributed by atoms with van der Waals surface area (Å²) in [6.07, 6.45) is 0. The molecule has 84 valence electrons. The highest BCUT2D eigenvalue weighted by Gasteiger charge is 2.19. The summed E-state index contributed by atoms with van der Waals surface area (Å²) in [5.41, 5.74) is 5.84. The zero-order chi connectivity index (χ0) is 11.4. The Balaban J connectivity index is 3.94. The lowest BCUT2D eigenvalue weighted by Crippen LogP contribution is -2.44. The van der Waals surface area contributed by atoms with Gasteiger partial charge in [-0.25, -0.2) is 0 Å². The van der Waals surface area contributed by atoms with Crippen LogP contribution >= 0.6 is 0 Å². The Labute approximate surface area is 86.4 Å². The second-order valence-corrected chi connectivity index (χ2v) is 4.89. The topological polar surface area (TPSA) is 55.6 Å². The predicted molar refractivity (Wildman–Crippen MR) is 56.9 cm³/mol. The molecule has 0 fully saturated rings. The van der Waals surface area contributed by atoms with Crippen molar-refractivity contribution < 1.29 is 9.53 Å². The van der Waals surface area contributed by atoms with Crippen molar-refractivity contribution in [3.8, 4) is 0 Å². The van der Waals surface area contributed by atoms with Gasteiger partial charge in [0.05, 0.1) is 7.11 Å². The van der Waals surface area contributed by atoms with Crippen molar-refractivity contribution in [3.63, 3.8) is 0 Å². The van der Waals surface area contributed by atoms with Gasteiger partial charge < -0.3 is 15.4 Å². The number of hydrogen-bond donors (Lipinski definition) is 1. The van der Waals surface area contributed by atoms with Gasteiger partial charge in [-0.05, 0) is 12.5 Å². The van der Waals surface area contributed by atoms with Crippen LogP contribution in [0.25, 0.3) is 0 Å². The molecule has 1 unspecified atom stereocenters. The first kappa shape index (κ1) is 13.4. The van der Waals surface area contributed by atoms with Crippen LogP contribution in [0.1, 0.15) is 20.8 Å². The first-order valence-corrected chi connectivity index (χ1v) is 4.78. The van der Waals surface area contributed by atoms with E-state index >= 15 is 0 Å². The highest BCUT2D eigenvalue weighted by atomic mass is 16.5. The van der Waals surface area contributed by atoms with Crippen molar-refractivity contribution in [1.82, 2.24) is 4.90 Å². The number of likely N-dealkylation sites (N-methyl/N-ethyl adjacent to an activating group) is 1. The first-order valence-electron chi connectivity index (χ1n) is 4.78. The van der Waals surface area contributed by atoms with Crippen LogP contribution in [0.3, 0.4) is 0 Å². The molecular formula is C10H22N2O2. The molecule has 0 aliphatic rings. The van der Waals surface area contributed by atoms with E-state index in [4.69, 9.17) is 5.73 Å². The molecule has 4 nitrogen and oxygen atoms in total. The number of hydrogen-bond acceptors (Lipinski definition) is 4. The molecule has 1 atom stereocenters. The Hall–Kier alpha value is -0.610. The van der Waals surface area contributed by atoms with Crippen LogP contribution in [-0.4, -0.2) is 44.2 Å². The number of ether oxygens (including phenoxy) is 1. The van der Waals surface area contributed by atoms with Gasteiger partial charge in [0.1, 0.15) is 6.04 Å². The minimum Gasteiger partial charge on any atom is -0.468 e. The molecular weight excluding hydrogens is 180 g/mol. The van der Waals surface area contributed by atoms with E-state index in [1.165, 1.54) is 7.11 Å². The number of carbonyl (C=O) groups excluding carboxylic acids is 1. The van der Waals surface area contributed by atoms with E-state index in [9.17, 15) is 4.79 Å². The van der Waals surface area contributed by atoms with Crippen molar-refractivity contribution in [3.05, 3.63) is 0 Å².